The highest BCUT2D eigenvalue weighted by atomic mass is 35.5. The van der Waals surface area contributed by atoms with Crippen molar-refractivity contribution in [2.45, 2.75) is 12.8 Å². The number of aliphatic hydroxyl groups excluding tert-OH is 1. The van der Waals surface area contributed by atoms with Gasteiger partial charge in [-0.25, -0.2) is 0 Å². The highest BCUT2D eigenvalue weighted by Crippen LogP contribution is 2.30. The van der Waals surface area contributed by atoms with E-state index in [1.807, 2.05) is 32.2 Å². The third kappa shape index (κ3) is 1.62. The lowest BCUT2D eigenvalue weighted by Crippen LogP contribution is -1.99. The van der Waals surface area contributed by atoms with E-state index in [2.05, 4.69) is 5.10 Å². The number of benzene rings is 1. The molecule has 0 saturated carbocycles. The predicted molar refractivity (Wildman–Crippen MR) is 61.2 cm³/mol. The van der Waals surface area contributed by atoms with E-state index in [9.17, 15) is 5.11 Å². The summed E-state index contributed by atoms with van der Waals surface area (Å²) in [6.07, 6.45) is 0. The number of rotatable bonds is 2. The zero-order valence-corrected chi connectivity index (χ0v) is 9.49. The molecule has 3 nitrogen and oxygen atoms in total. The highest BCUT2D eigenvalue weighted by Gasteiger charge is 2.14. The van der Waals surface area contributed by atoms with Crippen LogP contribution in [0.25, 0.3) is 10.9 Å². The maximum Gasteiger partial charge on any atom is 0.159 e. The normalized spacial score (nSPS) is 13.3. The topological polar surface area (TPSA) is 38.1 Å². The van der Waals surface area contributed by atoms with Crippen molar-refractivity contribution in [3.63, 3.8) is 0 Å². The van der Waals surface area contributed by atoms with E-state index in [1.165, 1.54) is 0 Å². The van der Waals surface area contributed by atoms with Gasteiger partial charge in [0.15, 0.2) is 5.15 Å². The first-order chi connectivity index (χ1) is 7.15. The van der Waals surface area contributed by atoms with Crippen molar-refractivity contribution in [1.29, 1.82) is 0 Å². The van der Waals surface area contributed by atoms with E-state index in [4.69, 9.17) is 11.6 Å². The highest BCUT2D eigenvalue weighted by molar-refractivity contribution is 6.34. The molecular formula is C11H13ClN2O. The largest absolute Gasteiger partial charge is 0.396 e. The summed E-state index contributed by atoms with van der Waals surface area (Å²) in [5.41, 5.74) is 2.05. The third-order valence-electron chi connectivity index (χ3n) is 2.67. The summed E-state index contributed by atoms with van der Waals surface area (Å²) in [6, 6.07) is 5.92. The van der Waals surface area contributed by atoms with E-state index >= 15 is 0 Å². The third-order valence-corrected chi connectivity index (χ3v) is 2.94. The lowest BCUT2D eigenvalue weighted by Gasteiger charge is -2.09. The molecule has 1 heterocycles. The molecule has 0 spiro atoms. The monoisotopic (exact) mass is 224 g/mol. The first-order valence-electron chi connectivity index (χ1n) is 4.87. The summed E-state index contributed by atoms with van der Waals surface area (Å²) in [7, 11) is 1.86. The van der Waals surface area contributed by atoms with Gasteiger partial charge < -0.3 is 5.11 Å². The summed E-state index contributed by atoms with van der Waals surface area (Å²) >= 11 is 6.07. The maximum atomic E-state index is 9.18. The van der Waals surface area contributed by atoms with Crippen molar-refractivity contribution >= 4 is 22.5 Å². The molecule has 15 heavy (non-hydrogen) atoms. The summed E-state index contributed by atoms with van der Waals surface area (Å²) in [4.78, 5) is 0. The fourth-order valence-corrected chi connectivity index (χ4v) is 2.12. The van der Waals surface area contributed by atoms with Crippen LogP contribution in [0.5, 0.6) is 0 Å². The Morgan fingerprint density at radius 1 is 1.53 bits per heavy atom. The summed E-state index contributed by atoms with van der Waals surface area (Å²) in [6.45, 7) is 2.09. The minimum Gasteiger partial charge on any atom is -0.396 e. The van der Waals surface area contributed by atoms with Gasteiger partial charge in [-0.15, -0.1) is 0 Å². The molecule has 2 aromatic rings. The Morgan fingerprint density at radius 2 is 2.27 bits per heavy atom. The van der Waals surface area contributed by atoms with Crippen LogP contribution in [0.3, 0.4) is 0 Å². The quantitative estimate of drug-likeness (QED) is 0.850. The van der Waals surface area contributed by atoms with E-state index in [0.717, 1.165) is 16.5 Å². The van der Waals surface area contributed by atoms with Crippen LogP contribution in [0.1, 0.15) is 18.4 Å². The molecule has 1 atom stereocenters. The van der Waals surface area contributed by atoms with Gasteiger partial charge in [-0.3, -0.25) is 4.68 Å². The number of halogens is 1. The molecule has 0 aliphatic rings. The van der Waals surface area contributed by atoms with E-state index < -0.39 is 0 Å². The number of nitrogens with zero attached hydrogens (tertiary/aromatic N) is 2. The first-order valence-corrected chi connectivity index (χ1v) is 5.25. The average Bonchev–Trinajstić information content (AvgIpc) is 2.54. The Morgan fingerprint density at radius 3 is 2.93 bits per heavy atom. The number of aliphatic hydroxyl groups is 1. The van der Waals surface area contributed by atoms with Crippen LogP contribution < -0.4 is 0 Å². The van der Waals surface area contributed by atoms with Crippen LogP contribution in [0.2, 0.25) is 5.15 Å². The van der Waals surface area contributed by atoms with Crippen LogP contribution in [0, 0.1) is 0 Å². The van der Waals surface area contributed by atoms with Gasteiger partial charge in [-0.05, 0) is 11.6 Å². The number of hydrogen-bond donors (Lipinski definition) is 1. The maximum absolute atomic E-state index is 9.18. The van der Waals surface area contributed by atoms with Crippen molar-refractivity contribution in [2.24, 2.45) is 7.05 Å². The predicted octanol–water partition coefficient (Wildman–Crippen LogP) is 2.32. The van der Waals surface area contributed by atoms with Gasteiger partial charge in [-0.1, -0.05) is 30.7 Å². The zero-order chi connectivity index (χ0) is 11.0. The fraction of sp³-hybridized carbons (Fsp3) is 0.364. The molecule has 1 N–H and O–H groups in total. The zero-order valence-electron chi connectivity index (χ0n) is 8.74. The SMILES string of the molecule is CC(CO)c1cccc2c1c(Cl)nn2C. The first kappa shape index (κ1) is 10.5. The molecule has 1 aromatic carbocycles. The van der Waals surface area contributed by atoms with Gasteiger partial charge in [0, 0.05) is 25.0 Å². The Kier molecular flexibility index (Phi) is 2.67. The molecule has 0 saturated heterocycles. The molecule has 0 bridgehead atoms. The van der Waals surface area contributed by atoms with Crippen molar-refractivity contribution in [3.8, 4) is 0 Å². The Hall–Kier alpha value is -1.06. The molecule has 1 aromatic heterocycles. The van der Waals surface area contributed by atoms with Crippen molar-refractivity contribution in [1.82, 2.24) is 9.78 Å². The Labute approximate surface area is 93.3 Å². The average molecular weight is 225 g/mol. The second kappa shape index (κ2) is 3.83. The molecule has 1 unspecified atom stereocenters. The molecule has 2 rings (SSSR count). The van der Waals surface area contributed by atoms with Crippen LogP contribution in [-0.4, -0.2) is 21.5 Å². The van der Waals surface area contributed by atoms with Crippen LogP contribution in [-0.2, 0) is 7.05 Å². The van der Waals surface area contributed by atoms with Gasteiger partial charge in [0.25, 0.3) is 0 Å². The number of aryl methyl sites for hydroxylation is 1. The molecule has 0 aliphatic heterocycles. The lowest BCUT2D eigenvalue weighted by atomic mass is 9.98. The van der Waals surface area contributed by atoms with Gasteiger partial charge >= 0.3 is 0 Å². The molecule has 0 fully saturated rings. The van der Waals surface area contributed by atoms with Crippen molar-refractivity contribution in [3.05, 3.63) is 28.9 Å². The van der Waals surface area contributed by atoms with E-state index in [0.29, 0.717) is 5.15 Å². The van der Waals surface area contributed by atoms with Crippen LogP contribution in [0.4, 0.5) is 0 Å². The molecule has 0 amide bonds. The van der Waals surface area contributed by atoms with Crippen molar-refractivity contribution < 1.29 is 5.11 Å². The summed E-state index contributed by atoms with van der Waals surface area (Å²) in [5, 5.41) is 14.8. The second-order valence-corrected chi connectivity index (χ2v) is 4.10. The smallest absolute Gasteiger partial charge is 0.159 e. The Bertz CT molecular complexity index is 493. The summed E-state index contributed by atoms with van der Waals surface area (Å²) < 4.78 is 1.76. The molecule has 0 aliphatic carbocycles. The standard InChI is InChI=1S/C11H13ClN2O/c1-7(6-15)8-4-3-5-9-10(8)11(12)13-14(9)2/h3-5,7,15H,6H2,1-2H3. The van der Waals surface area contributed by atoms with Crippen LogP contribution >= 0.6 is 11.6 Å². The van der Waals surface area contributed by atoms with Gasteiger partial charge in [0.1, 0.15) is 0 Å². The van der Waals surface area contributed by atoms with Gasteiger partial charge in [0.2, 0.25) is 0 Å². The minimum absolute atomic E-state index is 0.0791. The number of fused-ring (bicyclic) bond motifs is 1. The van der Waals surface area contributed by atoms with Gasteiger partial charge in [-0.2, -0.15) is 5.10 Å². The summed E-state index contributed by atoms with van der Waals surface area (Å²) in [5.74, 6) is 0.0791. The number of aromatic nitrogens is 2. The van der Waals surface area contributed by atoms with E-state index in [1.54, 1.807) is 4.68 Å². The van der Waals surface area contributed by atoms with Crippen molar-refractivity contribution in [2.75, 3.05) is 6.61 Å². The minimum atomic E-state index is 0.0791. The van der Waals surface area contributed by atoms with Gasteiger partial charge in [0.05, 0.1) is 5.52 Å². The molecular weight excluding hydrogens is 212 g/mol. The molecule has 80 valence electrons. The molecule has 0 radical (unpaired) electrons. The molecule has 4 heteroatoms. The second-order valence-electron chi connectivity index (χ2n) is 3.74. The Balaban J connectivity index is 2.75. The number of hydrogen-bond acceptors (Lipinski definition) is 2. The lowest BCUT2D eigenvalue weighted by molar-refractivity contribution is 0.273. The van der Waals surface area contributed by atoms with Crippen LogP contribution in [0.15, 0.2) is 18.2 Å². The van der Waals surface area contributed by atoms with E-state index in [-0.39, 0.29) is 12.5 Å². The fourth-order valence-electron chi connectivity index (χ4n) is 1.80.